The molecule has 9 heteroatoms. The second-order valence-electron chi connectivity index (χ2n) is 3.13. The van der Waals surface area contributed by atoms with Crippen LogP contribution in [0.1, 0.15) is 6.92 Å². The van der Waals surface area contributed by atoms with Gasteiger partial charge in [-0.2, -0.15) is 0 Å². The number of rotatable bonds is 4. The van der Waals surface area contributed by atoms with Crippen molar-refractivity contribution in [1.82, 2.24) is 0 Å². The Morgan fingerprint density at radius 2 is 1.94 bits per heavy atom. The van der Waals surface area contributed by atoms with Crippen molar-refractivity contribution in [3.63, 3.8) is 0 Å². The summed E-state index contributed by atoms with van der Waals surface area (Å²) in [6.07, 6.45) is -4.91. The average molecular weight is 285 g/mol. The minimum Gasteiger partial charge on any atom is -0.492 e. The minimum absolute atomic E-state index is 0.130. The first-order chi connectivity index (χ1) is 8.13. The van der Waals surface area contributed by atoms with E-state index in [1.165, 1.54) is 0 Å². The van der Waals surface area contributed by atoms with E-state index in [1.54, 1.807) is 6.92 Å². The normalized spacial score (nSPS) is 12.3. The van der Waals surface area contributed by atoms with Crippen molar-refractivity contribution < 1.29 is 31.1 Å². The first kappa shape index (κ1) is 14.6. The molecule has 0 aliphatic carbocycles. The average Bonchev–Trinajstić information content (AvgIpc) is 2.16. The van der Waals surface area contributed by atoms with Crippen molar-refractivity contribution in [2.45, 2.75) is 18.2 Å². The Hall–Kier alpha value is -1.48. The molecular formula is C9H10F3NO4S. The number of halogens is 3. The summed E-state index contributed by atoms with van der Waals surface area (Å²) >= 11 is 0. The maximum atomic E-state index is 12.0. The van der Waals surface area contributed by atoms with Gasteiger partial charge in [0, 0.05) is 6.07 Å². The largest absolute Gasteiger partial charge is 0.573 e. The number of nitrogens with two attached hydrogens (primary N) is 1. The van der Waals surface area contributed by atoms with Crippen LogP contribution < -0.4 is 14.6 Å². The third kappa shape index (κ3) is 4.08. The molecule has 0 heterocycles. The summed E-state index contributed by atoms with van der Waals surface area (Å²) < 4.78 is 66.9. The van der Waals surface area contributed by atoms with E-state index >= 15 is 0 Å². The predicted octanol–water partition coefficient (Wildman–Crippen LogP) is 1.63. The number of alkyl halides is 3. The molecule has 2 N–H and O–H groups in total. The van der Waals surface area contributed by atoms with E-state index in [0.29, 0.717) is 6.07 Å². The molecule has 1 aromatic carbocycles. The highest BCUT2D eigenvalue weighted by Crippen LogP contribution is 2.30. The fourth-order valence-electron chi connectivity index (χ4n) is 1.18. The van der Waals surface area contributed by atoms with Crippen molar-refractivity contribution >= 4 is 10.0 Å². The molecule has 0 bridgehead atoms. The molecule has 0 saturated carbocycles. The van der Waals surface area contributed by atoms with E-state index in [0.717, 1.165) is 12.1 Å². The minimum atomic E-state index is -4.91. The fourth-order valence-corrected chi connectivity index (χ4v) is 1.87. The summed E-state index contributed by atoms with van der Waals surface area (Å²) in [5.41, 5.74) is 0. The topological polar surface area (TPSA) is 78.6 Å². The molecule has 1 rings (SSSR count). The molecule has 0 aromatic heterocycles. The van der Waals surface area contributed by atoms with E-state index in [1.807, 2.05) is 0 Å². The van der Waals surface area contributed by atoms with Gasteiger partial charge in [-0.1, -0.05) is 0 Å². The molecular weight excluding hydrogens is 275 g/mol. The van der Waals surface area contributed by atoms with Crippen LogP contribution in [0.3, 0.4) is 0 Å². The Labute approximate surface area is 101 Å². The van der Waals surface area contributed by atoms with Gasteiger partial charge in [0.15, 0.2) is 0 Å². The zero-order valence-electron chi connectivity index (χ0n) is 9.19. The lowest BCUT2D eigenvalue weighted by molar-refractivity contribution is -0.274. The summed E-state index contributed by atoms with van der Waals surface area (Å²) in [5, 5.41) is 4.88. The predicted molar refractivity (Wildman–Crippen MR) is 55.7 cm³/mol. The van der Waals surface area contributed by atoms with Gasteiger partial charge in [0.2, 0.25) is 10.0 Å². The van der Waals surface area contributed by atoms with E-state index in [4.69, 9.17) is 9.88 Å². The molecule has 18 heavy (non-hydrogen) atoms. The van der Waals surface area contributed by atoms with Crippen LogP contribution >= 0.6 is 0 Å². The molecule has 0 aliphatic heterocycles. The fraction of sp³-hybridized carbons (Fsp3) is 0.333. The number of primary sulfonamides is 1. The summed E-state index contributed by atoms with van der Waals surface area (Å²) in [7, 11) is -4.21. The van der Waals surface area contributed by atoms with E-state index in [-0.39, 0.29) is 12.4 Å². The number of benzene rings is 1. The van der Waals surface area contributed by atoms with E-state index in [9.17, 15) is 21.6 Å². The Morgan fingerprint density at radius 3 is 2.39 bits per heavy atom. The van der Waals surface area contributed by atoms with Gasteiger partial charge in [-0.25, -0.2) is 13.6 Å². The second kappa shape index (κ2) is 5.02. The van der Waals surface area contributed by atoms with Crippen LogP contribution in [-0.2, 0) is 10.0 Å². The standard InChI is InChI=1S/C9H10F3NO4S/c1-2-16-7-4-3-6(17-9(10,11)12)5-8(7)18(13,14)15/h3-5H,2H2,1H3,(H2,13,14,15). The van der Waals surface area contributed by atoms with Crippen molar-refractivity contribution in [1.29, 1.82) is 0 Å². The molecule has 1 aromatic rings. The molecule has 102 valence electrons. The summed E-state index contributed by atoms with van der Waals surface area (Å²) in [6.45, 7) is 1.73. The molecule has 0 radical (unpaired) electrons. The summed E-state index contributed by atoms with van der Waals surface area (Å²) in [6, 6.07) is 2.64. The lowest BCUT2D eigenvalue weighted by Crippen LogP contribution is -2.18. The highest BCUT2D eigenvalue weighted by Gasteiger charge is 2.31. The maximum Gasteiger partial charge on any atom is 0.573 e. The molecule has 0 fully saturated rings. The molecule has 0 unspecified atom stereocenters. The van der Waals surface area contributed by atoms with Gasteiger partial charge in [-0.3, -0.25) is 0 Å². The molecule has 0 saturated heterocycles. The lowest BCUT2D eigenvalue weighted by atomic mass is 10.3. The second-order valence-corrected chi connectivity index (χ2v) is 4.66. The van der Waals surface area contributed by atoms with Crippen LogP contribution in [0.2, 0.25) is 0 Å². The molecule has 0 aliphatic rings. The zero-order chi connectivity index (χ0) is 14.0. The van der Waals surface area contributed by atoms with Crippen LogP contribution in [0, 0.1) is 0 Å². The Bertz CT molecular complexity index is 527. The smallest absolute Gasteiger partial charge is 0.492 e. The van der Waals surface area contributed by atoms with Crippen molar-refractivity contribution in [2.75, 3.05) is 6.61 Å². The number of hydrogen-bond donors (Lipinski definition) is 1. The monoisotopic (exact) mass is 285 g/mol. The summed E-state index contributed by atoms with van der Waals surface area (Å²) in [4.78, 5) is -0.564. The van der Waals surface area contributed by atoms with E-state index in [2.05, 4.69) is 4.74 Å². The third-order valence-electron chi connectivity index (χ3n) is 1.76. The quantitative estimate of drug-likeness (QED) is 0.912. The first-order valence-electron chi connectivity index (χ1n) is 4.69. The van der Waals surface area contributed by atoms with Crippen molar-refractivity contribution in [3.8, 4) is 11.5 Å². The molecule has 0 spiro atoms. The third-order valence-corrected chi connectivity index (χ3v) is 2.69. The number of hydrogen-bond acceptors (Lipinski definition) is 4. The van der Waals surface area contributed by atoms with Crippen LogP contribution in [0.5, 0.6) is 11.5 Å². The maximum absolute atomic E-state index is 12.0. The van der Waals surface area contributed by atoms with Gasteiger partial charge in [-0.15, -0.1) is 13.2 Å². The van der Waals surface area contributed by atoms with Crippen LogP contribution in [0.15, 0.2) is 23.1 Å². The van der Waals surface area contributed by atoms with Gasteiger partial charge >= 0.3 is 6.36 Å². The molecule has 5 nitrogen and oxygen atoms in total. The van der Waals surface area contributed by atoms with Crippen LogP contribution in [-0.4, -0.2) is 21.4 Å². The van der Waals surface area contributed by atoms with Crippen LogP contribution in [0.25, 0.3) is 0 Å². The lowest BCUT2D eigenvalue weighted by Gasteiger charge is -2.12. The van der Waals surface area contributed by atoms with Crippen LogP contribution in [0.4, 0.5) is 13.2 Å². The number of sulfonamides is 1. The van der Waals surface area contributed by atoms with Gasteiger partial charge in [0.05, 0.1) is 6.61 Å². The Kier molecular flexibility index (Phi) is 4.07. The SMILES string of the molecule is CCOc1ccc(OC(F)(F)F)cc1S(N)(=O)=O. The van der Waals surface area contributed by atoms with Gasteiger partial charge in [0.25, 0.3) is 0 Å². The van der Waals surface area contributed by atoms with Gasteiger partial charge in [-0.05, 0) is 19.1 Å². The van der Waals surface area contributed by atoms with Crippen molar-refractivity contribution in [3.05, 3.63) is 18.2 Å². The van der Waals surface area contributed by atoms with Gasteiger partial charge in [0.1, 0.15) is 16.4 Å². The zero-order valence-corrected chi connectivity index (χ0v) is 10.0. The Balaban J connectivity index is 3.22. The molecule has 0 amide bonds. The highest BCUT2D eigenvalue weighted by atomic mass is 32.2. The Morgan fingerprint density at radius 1 is 1.33 bits per heavy atom. The first-order valence-corrected chi connectivity index (χ1v) is 6.23. The van der Waals surface area contributed by atoms with E-state index < -0.39 is 27.0 Å². The van der Waals surface area contributed by atoms with Crippen molar-refractivity contribution in [2.24, 2.45) is 5.14 Å². The van der Waals surface area contributed by atoms with Gasteiger partial charge < -0.3 is 9.47 Å². The molecule has 0 atom stereocenters. The highest BCUT2D eigenvalue weighted by molar-refractivity contribution is 7.89. The summed E-state index contributed by atoms with van der Waals surface area (Å²) in [5.74, 6) is -0.815. The number of ether oxygens (including phenoxy) is 2.